The van der Waals surface area contributed by atoms with Crippen LogP contribution in [0, 0.1) is 6.92 Å². The molecule has 3 rings (SSSR count). The third kappa shape index (κ3) is 3.67. The van der Waals surface area contributed by atoms with Gasteiger partial charge in [0.05, 0.1) is 13.2 Å². The van der Waals surface area contributed by atoms with E-state index in [0.29, 0.717) is 5.75 Å². The minimum absolute atomic E-state index is 0.177. The fourth-order valence-corrected chi connectivity index (χ4v) is 3.29. The average molecular weight is 316 g/mol. The smallest absolute Gasteiger partial charge is 0.160 e. The molecular formula is C18H24N2O3. The van der Waals surface area contributed by atoms with Gasteiger partial charge in [-0.1, -0.05) is 24.1 Å². The molecule has 1 aromatic heterocycles. The number of benzene rings is 1. The summed E-state index contributed by atoms with van der Waals surface area (Å²) in [4.78, 5) is 2.45. The fourth-order valence-electron chi connectivity index (χ4n) is 3.29. The van der Waals surface area contributed by atoms with Crippen molar-refractivity contribution in [2.75, 3.05) is 13.7 Å². The van der Waals surface area contributed by atoms with Crippen LogP contribution in [0.1, 0.15) is 48.7 Å². The van der Waals surface area contributed by atoms with E-state index in [4.69, 9.17) is 9.26 Å². The third-order valence-electron chi connectivity index (χ3n) is 4.48. The number of rotatable bonds is 4. The highest BCUT2D eigenvalue weighted by Crippen LogP contribution is 2.33. The van der Waals surface area contributed by atoms with Crippen molar-refractivity contribution in [3.8, 4) is 11.5 Å². The predicted molar refractivity (Wildman–Crippen MR) is 87.5 cm³/mol. The second-order valence-electron chi connectivity index (χ2n) is 6.20. The molecule has 1 aliphatic rings. The predicted octanol–water partition coefficient (Wildman–Crippen LogP) is 3.81. The van der Waals surface area contributed by atoms with Gasteiger partial charge in [-0.2, -0.15) is 0 Å². The van der Waals surface area contributed by atoms with Gasteiger partial charge in [0.15, 0.2) is 11.5 Å². The summed E-state index contributed by atoms with van der Waals surface area (Å²) in [5, 5.41) is 14.0. The number of hydrogen-bond acceptors (Lipinski definition) is 5. The van der Waals surface area contributed by atoms with E-state index >= 15 is 0 Å². The summed E-state index contributed by atoms with van der Waals surface area (Å²) in [7, 11) is 1.58. The van der Waals surface area contributed by atoms with Gasteiger partial charge in [0.2, 0.25) is 0 Å². The van der Waals surface area contributed by atoms with E-state index in [9.17, 15) is 5.11 Å². The third-order valence-corrected chi connectivity index (χ3v) is 4.48. The van der Waals surface area contributed by atoms with Gasteiger partial charge in [-0.15, -0.1) is 0 Å². The van der Waals surface area contributed by atoms with Gasteiger partial charge in [-0.05, 0) is 44.0 Å². The van der Waals surface area contributed by atoms with Crippen LogP contribution in [0.5, 0.6) is 11.5 Å². The molecule has 0 unspecified atom stereocenters. The lowest BCUT2D eigenvalue weighted by Gasteiger charge is -2.28. The molecule has 0 saturated carbocycles. The maximum Gasteiger partial charge on any atom is 0.160 e. The molecule has 1 aliphatic heterocycles. The Morgan fingerprint density at radius 3 is 2.91 bits per heavy atom. The molecule has 1 atom stereocenters. The lowest BCUT2D eigenvalue weighted by atomic mass is 10.1. The molecule has 1 fully saturated rings. The quantitative estimate of drug-likeness (QED) is 0.929. The van der Waals surface area contributed by atoms with Crippen LogP contribution in [-0.4, -0.2) is 28.8 Å². The average Bonchev–Trinajstić information content (AvgIpc) is 2.84. The van der Waals surface area contributed by atoms with Crippen LogP contribution >= 0.6 is 0 Å². The zero-order chi connectivity index (χ0) is 16.2. The van der Waals surface area contributed by atoms with Gasteiger partial charge in [0.1, 0.15) is 11.5 Å². The highest BCUT2D eigenvalue weighted by molar-refractivity contribution is 5.41. The van der Waals surface area contributed by atoms with Crippen molar-refractivity contribution in [1.82, 2.24) is 10.1 Å². The highest BCUT2D eigenvalue weighted by atomic mass is 16.5. The van der Waals surface area contributed by atoms with Gasteiger partial charge in [-0.25, -0.2) is 0 Å². The minimum atomic E-state index is 0.177. The fraction of sp³-hybridized carbons (Fsp3) is 0.500. The van der Waals surface area contributed by atoms with Gasteiger partial charge in [-0.3, -0.25) is 4.90 Å². The Bertz CT molecular complexity index is 653. The molecule has 0 spiro atoms. The first-order valence-electron chi connectivity index (χ1n) is 8.20. The first-order valence-corrected chi connectivity index (χ1v) is 8.20. The number of nitrogens with zero attached hydrogens (tertiary/aromatic N) is 2. The Hall–Kier alpha value is -2.01. The summed E-state index contributed by atoms with van der Waals surface area (Å²) in [6.07, 6.45) is 4.76. The Morgan fingerprint density at radius 1 is 1.30 bits per heavy atom. The van der Waals surface area contributed by atoms with Gasteiger partial charge in [0, 0.05) is 12.6 Å². The lowest BCUT2D eigenvalue weighted by molar-refractivity contribution is 0.183. The molecule has 0 amide bonds. The molecule has 0 bridgehead atoms. The molecule has 23 heavy (non-hydrogen) atoms. The maximum absolute atomic E-state index is 9.76. The number of aromatic hydroxyl groups is 1. The van der Waals surface area contributed by atoms with Crippen molar-refractivity contribution < 1.29 is 14.4 Å². The van der Waals surface area contributed by atoms with Crippen molar-refractivity contribution >= 4 is 0 Å². The monoisotopic (exact) mass is 316 g/mol. The van der Waals surface area contributed by atoms with E-state index in [0.717, 1.165) is 36.5 Å². The molecule has 0 radical (unpaired) electrons. The van der Waals surface area contributed by atoms with E-state index in [2.05, 4.69) is 10.1 Å². The first-order chi connectivity index (χ1) is 11.2. The topological polar surface area (TPSA) is 58.7 Å². The van der Waals surface area contributed by atoms with Crippen LogP contribution in [0.25, 0.3) is 0 Å². The lowest BCUT2D eigenvalue weighted by Crippen LogP contribution is -2.28. The Kier molecular flexibility index (Phi) is 4.86. The Morgan fingerprint density at radius 2 is 2.17 bits per heavy atom. The number of phenols is 1. The molecule has 1 N–H and O–H groups in total. The van der Waals surface area contributed by atoms with E-state index in [1.165, 1.54) is 19.3 Å². The molecule has 2 aromatic rings. The van der Waals surface area contributed by atoms with Crippen LogP contribution in [0.3, 0.4) is 0 Å². The van der Waals surface area contributed by atoms with Crippen LogP contribution in [0.4, 0.5) is 0 Å². The maximum atomic E-state index is 9.76. The molecule has 2 heterocycles. The molecular weight excluding hydrogens is 292 g/mol. The number of likely N-dealkylation sites (tertiary alicyclic amines) is 1. The number of phenolic OH excluding ortho intramolecular Hbond substituents is 1. The van der Waals surface area contributed by atoms with Crippen LogP contribution in [0.2, 0.25) is 0 Å². The van der Waals surface area contributed by atoms with E-state index < -0.39 is 0 Å². The number of aromatic nitrogens is 1. The summed E-state index contributed by atoms with van der Waals surface area (Å²) < 4.78 is 10.5. The Balaban J connectivity index is 1.82. The van der Waals surface area contributed by atoms with E-state index in [1.807, 2.05) is 25.1 Å². The van der Waals surface area contributed by atoms with Crippen molar-refractivity contribution in [3.05, 3.63) is 41.3 Å². The SMILES string of the molecule is COc1cc(CN2CCCCC[C@H]2c2cc(C)on2)ccc1O. The van der Waals surface area contributed by atoms with Crippen molar-refractivity contribution in [2.24, 2.45) is 0 Å². The van der Waals surface area contributed by atoms with E-state index in [-0.39, 0.29) is 11.8 Å². The number of methoxy groups -OCH3 is 1. The molecule has 1 aromatic carbocycles. The van der Waals surface area contributed by atoms with Crippen molar-refractivity contribution in [3.63, 3.8) is 0 Å². The zero-order valence-electron chi connectivity index (χ0n) is 13.8. The normalized spacial score (nSPS) is 19.5. The number of hydrogen-bond donors (Lipinski definition) is 1. The minimum Gasteiger partial charge on any atom is -0.504 e. The number of aryl methyl sites for hydroxylation is 1. The second-order valence-corrected chi connectivity index (χ2v) is 6.20. The largest absolute Gasteiger partial charge is 0.504 e. The molecule has 1 saturated heterocycles. The summed E-state index contributed by atoms with van der Waals surface area (Å²) in [5.74, 6) is 1.55. The van der Waals surface area contributed by atoms with Crippen LogP contribution in [-0.2, 0) is 6.54 Å². The summed E-state index contributed by atoms with van der Waals surface area (Å²) >= 11 is 0. The van der Waals surface area contributed by atoms with Crippen molar-refractivity contribution in [1.29, 1.82) is 0 Å². The highest BCUT2D eigenvalue weighted by Gasteiger charge is 2.25. The van der Waals surface area contributed by atoms with Gasteiger partial charge < -0.3 is 14.4 Å². The van der Waals surface area contributed by atoms with E-state index in [1.54, 1.807) is 13.2 Å². The number of ether oxygens (including phenoxy) is 1. The van der Waals surface area contributed by atoms with Crippen molar-refractivity contribution in [2.45, 2.75) is 45.2 Å². The van der Waals surface area contributed by atoms with Gasteiger partial charge in [0.25, 0.3) is 0 Å². The van der Waals surface area contributed by atoms with Crippen LogP contribution < -0.4 is 4.74 Å². The molecule has 5 heteroatoms. The molecule has 0 aliphatic carbocycles. The summed E-state index contributed by atoms with van der Waals surface area (Å²) in [5.41, 5.74) is 2.15. The summed E-state index contributed by atoms with van der Waals surface area (Å²) in [6, 6.07) is 7.88. The molecule has 124 valence electrons. The molecule has 5 nitrogen and oxygen atoms in total. The first kappa shape index (κ1) is 15.9. The second kappa shape index (κ2) is 7.04. The standard InChI is InChI=1S/C18H24N2O3/c1-13-10-15(19-23-13)16-6-4-3-5-9-20(16)12-14-7-8-17(21)18(11-14)22-2/h7-8,10-11,16,21H,3-6,9,12H2,1-2H3/t16-/m0/s1. The van der Waals surface area contributed by atoms with Crippen LogP contribution in [0.15, 0.2) is 28.8 Å². The van der Waals surface area contributed by atoms with Gasteiger partial charge >= 0.3 is 0 Å². The summed E-state index contributed by atoms with van der Waals surface area (Å²) in [6.45, 7) is 3.79. The Labute approximate surface area is 136 Å². The zero-order valence-corrected chi connectivity index (χ0v) is 13.8.